The molecule has 0 aliphatic carbocycles. The molecule has 0 bridgehead atoms. The summed E-state index contributed by atoms with van der Waals surface area (Å²) in [5.74, 6) is 1.07. The average molecular weight is 331 g/mol. The van der Waals surface area contributed by atoms with E-state index in [0.29, 0.717) is 6.42 Å². The van der Waals surface area contributed by atoms with Gasteiger partial charge in [-0.25, -0.2) is 4.98 Å². The first-order valence-corrected chi connectivity index (χ1v) is 8.62. The zero-order chi connectivity index (χ0) is 17.3. The summed E-state index contributed by atoms with van der Waals surface area (Å²) >= 11 is 0. The highest BCUT2D eigenvalue weighted by molar-refractivity contribution is 6.06. The first-order chi connectivity index (χ1) is 12.2. The third-order valence-electron chi connectivity index (χ3n) is 5.18. The van der Waals surface area contributed by atoms with Crippen molar-refractivity contribution in [3.05, 3.63) is 83.9 Å². The van der Waals surface area contributed by atoms with Crippen molar-refractivity contribution in [3.63, 3.8) is 0 Å². The summed E-state index contributed by atoms with van der Waals surface area (Å²) in [5, 5.41) is 3.09. The van der Waals surface area contributed by atoms with Gasteiger partial charge in [0, 0.05) is 24.6 Å². The third kappa shape index (κ3) is 2.74. The first kappa shape index (κ1) is 15.6. The number of hydrogen-bond donors (Lipinski definition) is 1. The van der Waals surface area contributed by atoms with Gasteiger partial charge < -0.3 is 9.88 Å². The Bertz CT molecular complexity index is 900. The van der Waals surface area contributed by atoms with Gasteiger partial charge in [0.15, 0.2) is 0 Å². The molecule has 0 saturated heterocycles. The van der Waals surface area contributed by atoms with Crippen LogP contribution < -0.4 is 5.32 Å². The Labute approximate surface area is 147 Å². The maximum Gasteiger partial charge on any atom is 0.235 e. The number of para-hydroxylation sites is 1. The first-order valence-electron chi connectivity index (χ1n) is 8.62. The van der Waals surface area contributed by atoms with Gasteiger partial charge in [-0.3, -0.25) is 4.79 Å². The van der Waals surface area contributed by atoms with Crippen LogP contribution in [-0.2, 0) is 23.2 Å². The third-order valence-corrected chi connectivity index (χ3v) is 5.18. The number of amides is 1. The normalized spacial score (nSPS) is 18.8. The highest BCUT2D eigenvalue weighted by Crippen LogP contribution is 2.43. The van der Waals surface area contributed by atoms with E-state index in [1.54, 1.807) is 0 Å². The van der Waals surface area contributed by atoms with Gasteiger partial charge in [-0.05, 0) is 37.0 Å². The molecular weight excluding hydrogens is 310 g/mol. The van der Waals surface area contributed by atoms with E-state index in [2.05, 4.69) is 33.1 Å². The van der Waals surface area contributed by atoms with Gasteiger partial charge in [0.2, 0.25) is 5.91 Å². The number of fused-ring (bicyclic) bond motifs is 1. The number of aromatic nitrogens is 2. The van der Waals surface area contributed by atoms with E-state index in [1.807, 2.05) is 55.7 Å². The Hall–Kier alpha value is -2.88. The van der Waals surface area contributed by atoms with Crippen molar-refractivity contribution in [1.82, 2.24) is 9.55 Å². The summed E-state index contributed by atoms with van der Waals surface area (Å²) in [6.07, 6.45) is 5.22. The van der Waals surface area contributed by atoms with E-state index >= 15 is 0 Å². The highest BCUT2D eigenvalue weighted by atomic mass is 16.2. The zero-order valence-corrected chi connectivity index (χ0v) is 14.3. The van der Waals surface area contributed by atoms with Crippen LogP contribution in [-0.4, -0.2) is 15.5 Å². The van der Waals surface area contributed by atoms with Gasteiger partial charge in [0.25, 0.3) is 0 Å². The van der Waals surface area contributed by atoms with Crippen LogP contribution in [0.2, 0.25) is 0 Å². The zero-order valence-electron chi connectivity index (χ0n) is 14.3. The van der Waals surface area contributed by atoms with Crippen molar-refractivity contribution < 1.29 is 4.79 Å². The number of nitrogens with zero attached hydrogens (tertiary/aromatic N) is 2. The lowest BCUT2D eigenvalue weighted by molar-refractivity contribution is -0.121. The average Bonchev–Trinajstić information content (AvgIpc) is 3.16. The maximum atomic E-state index is 13.1. The van der Waals surface area contributed by atoms with E-state index in [1.165, 1.54) is 5.56 Å². The van der Waals surface area contributed by atoms with Crippen molar-refractivity contribution in [2.45, 2.75) is 31.7 Å². The molecule has 1 amide bonds. The quantitative estimate of drug-likeness (QED) is 0.774. The van der Waals surface area contributed by atoms with Crippen LogP contribution in [0.15, 0.2) is 67.0 Å². The largest absolute Gasteiger partial charge is 0.335 e. The van der Waals surface area contributed by atoms with Crippen LogP contribution in [0.1, 0.15) is 23.4 Å². The molecule has 4 rings (SSSR count). The minimum Gasteiger partial charge on any atom is -0.335 e. The fourth-order valence-electron chi connectivity index (χ4n) is 3.78. The van der Waals surface area contributed by atoms with Gasteiger partial charge in [0.05, 0.1) is 5.41 Å². The second-order valence-electron chi connectivity index (χ2n) is 6.66. The SMILES string of the molecule is Cc1nccn1CCC1(Cc2ccccc2)C(=O)Nc2ccccc21. The number of rotatable bonds is 5. The fraction of sp³-hybridized carbons (Fsp3) is 0.238. The summed E-state index contributed by atoms with van der Waals surface area (Å²) < 4.78 is 2.11. The number of carbonyl (C=O) groups is 1. The number of anilines is 1. The molecule has 1 aromatic heterocycles. The van der Waals surface area contributed by atoms with Crippen LogP contribution in [0.5, 0.6) is 0 Å². The Morgan fingerprint density at radius 1 is 1.08 bits per heavy atom. The van der Waals surface area contributed by atoms with Crippen molar-refractivity contribution in [2.75, 3.05) is 5.32 Å². The smallest absolute Gasteiger partial charge is 0.235 e. The lowest BCUT2D eigenvalue weighted by atomic mass is 9.74. The molecule has 1 N–H and O–H groups in total. The molecule has 126 valence electrons. The standard InChI is InChI=1S/C21H21N3O/c1-16-22-12-14-24(16)13-11-21(15-17-7-3-2-4-8-17)18-9-5-6-10-19(18)23-20(21)25/h2-10,12,14H,11,13,15H2,1H3,(H,23,25). The molecule has 1 atom stereocenters. The molecular formula is C21H21N3O. The van der Waals surface area contributed by atoms with E-state index in [-0.39, 0.29) is 5.91 Å². The number of benzene rings is 2. The Balaban J connectivity index is 1.73. The highest BCUT2D eigenvalue weighted by Gasteiger charge is 2.46. The number of aryl methyl sites for hydroxylation is 2. The second kappa shape index (κ2) is 6.20. The number of imidazole rings is 1. The topological polar surface area (TPSA) is 46.9 Å². The number of carbonyl (C=O) groups excluding carboxylic acids is 1. The van der Waals surface area contributed by atoms with Crippen LogP contribution in [0.4, 0.5) is 5.69 Å². The maximum absolute atomic E-state index is 13.1. The van der Waals surface area contributed by atoms with Crippen molar-refractivity contribution in [3.8, 4) is 0 Å². The Kier molecular flexibility index (Phi) is 3.88. The molecule has 4 nitrogen and oxygen atoms in total. The van der Waals surface area contributed by atoms with Crippen LogP contribution >= 0.6 is 0 Å². The Morgan fingerprint density at radius 3 is 2.60 bits per heavy atom. The van der Waals surface area contributed by atoms with E-state index in [4.69, 9.17) is 0 Å². The molecule has 0 radical (unpaired) electrons. The molecule has 25 heavy (non-hydrogen) atoms. The second-order valence-corrected chi connectivity index (χ2v) is 6.66. The summed E-state index contributed by atoms with van der Waals surface area (Å²) in [6.45, 7) is 2.76. The lowest BCUT2D eigenvalue weighted by Crippen LogP contribution is -2.38. The predicted molar refractivity (Wildman–Crippen MR) is 98.5 cm³/mol. The molecule has 2 heterocycles. The van der Waals surface area contributed by atoms with E-state index < -0.39 is 5.41 Å². The summed E-state index contributed by atoms with van der Waals surface area (Å²) in [7, 11) is 0. The van der Waals surface area contributed by atoms with E-state index in [0.717, 1.165) is 30.0 Å². The van der Waals surface area contributed by atoms with Gasteiger partial charge in [-0.2, -0.15) is 0 Å². The summed E-state index contributed by atoms with van der Waals surface area (Å²) in [5.41, 5.74) is 2.67. The van der Waals surface area contributed by atoms with E-state index in [9.17, 15) is 4.79 Å². The van der Waals surface area contributed by atoms with Crippen molar-refractivity contribution in [2.24, 2.45) is 0 Å². The van der Waals surface area contributed by atoms with Crippen molar-refractivity contribution in [1.29, 1.82) is 0 Å². The number of hydrogen-bond acceptors (Lipinski definition) is 2. The molecule has 2 aromatic carbocycles. The van der Waals surface area contributed by atoms with Crippen LogP contribution in [0.25, 0.3) is 0 Å². The van der Waals surface area contributed by atoms with Gasteiger partial charge in [-0.1, -0.05) is 48.5 Å². The monoisotopic (exact) mass is 331 g/mol. The van der Waals surface area contributed by atoms with Crippen molar-refractivity contribution >= 4 is 11.6 Å². The van der Waals surface area contributed by atoms with Gasteiger partial charge >= 0.3 is 0 Å². The molecule has 0 spiro atoms. The van der Waals surface area contributed by atoms with Crippen LogP contribution in [0, 0.1) is 6.92 Å². The molecule has 4 heteroatoms. The molecule has 0 saturated carbocycles. The minimum absolute atomic E-state index is 0.0929. The van der Waals surface area contributed by atoms with Gasteiger partial charge in [-0.15, -0.1) is 0 Å². The lowest BCUT2D eigenvalue weighted by Gasteiger charge is -2.28. The molecule has 1 aliphatic rings. The Morgan fingerprint density at radius 2 is 1.84 bits per heavy atom. The van der Waals surface area contributed by atoms with Crippen LogP contribution in [0.3, 0.4) is 0 Å². The summed E-state index contributed by atoms with van der Waals surface area (Å²) in [6, 6.07) is 18.3. The molecule has 0 fully saturated rings. The predicted octanol–water partition coefficient (Wildman–Crippen LogP) is 3.71. The molecule has 3 aromatic rings. The number of nitrogens with one attached hydrogen (secondary N) is 1. The summed E-state index contributed by atoms with van der Waals surface area (Å²) in [4.78, 5) is 17.4. The molecule has 1 unspecified atom stereocenters. The molecule has 1 aliphatic heterocycles. The minimum atomic E-state index is -0.547. The fourth-order valence-corrected chi connectivity index (χ4v) is 3.78. The van der Waals surface area contributed by atoms with Gasteiger partial charge in [0.1, 0.15) is 5.82 Å².